The van der Waals surface area contributed by atoms with E-state index in [1.165, 1.54) is 0 Å². The maximum absolute atomic E-state index is 11.5. The summed E-state index contributed by atoms with van der Waals surface area (Å²) in [5.41, 5.74) is 0. The molecular formula is C11H22N2O3. The predicted molar refractivity (Wildman–Crippen MR) is 62.1 cm³/mol. The maximum atomic E-state index is 11.5. The van der Waals surface area contributed by atoms with Gasteiger partial charge in [-0.3, -0.25) is 9.59 Å². The first kappa shape index (κ1) is 14.9. The summed E-state index contributed by atoms with van der Waals surface area (Å²) in [7, 11) is 0. The average Bonchev–Trinajstić information content (AvgIpc) is 2.21. The van der Waals surface area contributed by atoms with Crippen LogP contribution in [0.2, 0.25) is 0 Å². The molecule has 0 aromatic carbocycles. The first-order valence-corrected chi connectivity index (χ1v) is 5.58. The zero-order chi connectivity index (χ0) is 12.7. The van der Waals surface area contributed by atoms with Gasteiger partial charge in [-0.25, -0.2) is 0 Å². The van der Waals surface area contributed by atoms with Crippen LogP contribution in [0.4, 0.5) is 0 Å². The first-order chi connectivity index (χ1) is 7.34. The predicted octanol–water partition coefficient (Wildman–Crippen LogP) is 0.457. The summed E-state index contributed by atoms with van der Waals surface area (Å²) >= 11 is 0. The van der Waals surface area contributed by atoms with Crippen LogP contribution in [-0.2, 0) is 9.59 Å². The van der Waals surface area contributed by atoms with Gasteiger partial charge < -0.3 is 15.7 Å². The Morgan fingerprint density at radius 3 is 2.12 bits per heavy atom. The molecule has 0 aromatic heterocycles. The van der Waals surface area contributed by atoms with E-state index in [4.69, 9.17) is 5.11 Å². The van der Waals surface area contributed by atoms with E-state index >= 15 is 0 Å². The number of carboxylic acid groups (broad SMARTS) is 1. The second kappa shape index (κ2) is 7.22. The Labute approximate surface area is 96.6 Å². The molecule has 0 radical (unpaired) electrons. The average molecular weight is 230 g/mol. The molecular weight excluding hydrogens is 208 g/mol. The fraction of sp³-hybridized carbons (Fsp3) is 0.818. The molecule has 94 valence electrons. The van der Waals surface area contributed by atoms with Crippen molar-refractivity contribution in [2.24, 2.45) is 11.8 Å². The summed E-state index contributed by atoms with van der Waals surface area (Å²) in [5.74, 6) is -1.02. The van der Waals surface area contributed by atoms with Gasteiger partial charge >= 0.3 is 5.97 Å². The van der Waals surface area contributed by atoms with Crippen LogP contribution < -0.4 is 10.6 Å². The van der Waals surface area contributed by atoms with Crippen LogP contribution in [0.1, 0.15) is 27.7 Å². The van der Waals surface area contributed by atoms with E-state index in [0.717, 1.165) is 0 Å². The number of carbonyl (C=O) groups excluding carboxylic acids is 1. The van der Waals surface area contributed by atoms with Crippen molar-refractivity contribution < 1.29 is 14.7 Å². The van der Waals surface area contributed by atoms with Gasteiger partial charge in [0.05, 0.1) is 12.0 Å². The molecule has 0 spiro atoms. The molecule has 0 heterocycles. The van der Waals surface area contributed by atoms with Crippen molar-refractivity contribution in [3.8, 4) is 0 Å². The highest BCUT2D eigenvalue weighted by Gasteiger charge is 2.16. The summed E-state index contributed by atoms with van der Waals surface area (Å²) in [6.45, 7) is 8.30. The second-order valence-corrected chi connectivity index (χ2v) is 4.51. The van der Waals surface area contributed by atoms with Crippen LogP contribution in [0.5, 0.6) is 0 Å². The summed E-state index contributed by atoms with van der Waals surface area (Å²) in [6.07, 6.45) is 0. The number of aliphatic carboxylic acids is 1. The Bertz CT molecular complexity index is 241. The largest absolute Gasteiger partial charge is 0.481 e. The number of rotatable bonds is 7. The molecule has 0 fully saturated rings. The van der Waals surface area contributed by atoms with E-state index < -0.39 is 11.9 Å². The third kappa shape index (κ3) is 6.40. The summed E-state index contributed by atoms with van der Waals surface area (Å²) < 4.78 is 0. The summed E-state index contributed by atoms with van der Waals surface area (Å²) in [5, 5.41) is 14.3. The summed E-state index contributed by atoms with van der Waals surface area (Å²) in [6, 6.07) is -0.361. The van der Waals surface area contributed by atoms with Gasteiger partial charge in [-0.1, -0.05) is 20.8 Å². The lowest BCUT2D eigenvalue weighted by atomic mass is 10.1. The molecule has 3 N–H and O–H groups in total. The van der Waals surface area contributed by atoms with E-state index in [1.54, 1.807) is 13.8 Å². The third-order valence-corrected chi connectivity index (χ3v) is 2.23. The molecule has 0 aliphatic rings. The molecule has 0 saturated carbocycles. The van der Waals surface area contributed by atoms with Crippen molar-refractivity contribution >= 4 is 11.9 Å². The SMILES string of the molecule is CC(C)CNC(=O)C(C)NCC(C)C(=O)O. The van der Waals surface area contributed by atoms with Gasteiger partial charge in [-0.2, -0.15) is 0 Å². The Morgan fingerprint density at radius 1 is 1.12 bits per heavy atom. The first-order valence-electron chi connectivity index (χ1n) is 5.58. The van der Waals surface area contributed by atoms with Gasteiger partial charge in [-0.05, 0) is 12.8 Å². The van der Waals surface area contributed by atoms with E-state index in [0.29, 0.717) is 19.0 Å². The molecule has 1 amide bonds. The van der Waals surface area contributed by atoms with Gasteiger partial charge in [0.25, 0.3) is 0 Å². The monoisotopic (exact) mass is 230 g/mol. The zero-order valence-corrected chi connectivity index (χ0v) is 10.4. The number of carboxylic acids is 1. The van der Waals surface area contributed by atoms with Crippen molar-refractivity contribution in [3.05, 3.63) is 0 Å². The van der Waals surface area contributed by atoms with E-state index in [2.05, 4.69) is 10.6 Å². The molecule has 0 saturated heterocycles. The number of hydrogen-bond acceptors (Lipinski definition) is 3. The Kier molecular flexibility index (Phi) is 6.72. The van der Waals surface area contributed by atoms with Gasteiger partial charge in [0.15, 0.2) is 0 Å². The van der Waals surface area contributed by atoms with Crippen molar-refractivity contribution in [3.63, 3.8) is 0 Å². The molecule has 0 aliphatic heterocycles. The van der Waals surface area contributed by atoms with Crippen molar-refractivity contribution in [1.29, 1.82) is 0 Å². The highest BCUT2D eigenvalue weighted by atomic mass is 16.4. The van der Waals surface area contributed by atoms with Crippen molar-refractivity contribution in [2.75, 3.05) is 13.1 Å². The highest BCUT2D eigenvalue weighted by Crippen LogP contribution is 1.94. The van der Waals surface area contributed by atoms with Crippen LogP contribution in [-0.4, -0.2) is 36.1 Å². The van der Waals surface area contributed by atoms with Crippen LogP contribution in [0.25, 0.3) is 0 Å². The molecule has 16 heavy (non-hydrogen) atoms. The number of nitrogens with one attached hydrogen (secondary N) is 2. The smallest absolute Gasteiger partial charge is 0.307 e. The topological polar surface area (TPSA) is 78.4 Å². The lowest BCUT2D eigenvalue weighted by molar-refractivity contribution is -0.141. The molecule has 5 heteroatoms. The minimum atomic E-state index is -0.859. The fourth-order valence-corrected chi connectivity index (χ4v) is 0.991. The number of hydrogen-bond donors (Lipinski definition) is 3. The van der Waals surface area contributed by atoms with Gasteiger partial charge in [0.2, 0.25) is 5.91 Å². The van der Waals surface area contributed by atoms with Crippen LogP contribution in [0, 0.1) is 11.8 Å². The molecule has 0 aromatic rings. The number of amides is 1. The fourth-order valence-electron chi connectivity index (χ4n) is 0.991. The lowest BCUT2D eigenvalue weighted by Gasteiger charge is -2.16. The van der Waals surface area contributed by atoms with Crippen LogP contribution in [0.3, 0.4) is 0 Å². The Morgan fingerprint density at radius 2 is 1.69 bits per heavy atom. The van der Waals surface area contributed by atoms with Gasteiger partial charge in [-0.15, -0.1) is 0 Å². The maximum Gasteiger partial charge on any atom is 0.307 e. The standard InChI is InChI=1S/C11H22N2O3/c1-7(2)5-13-10(14)9(4)12-6-8(3)11(15)16/h7-9,12H,5-6H2,1-4H3,(H,13,14)(H,15,16). The zero-order valence-electron chi connectivity index (χ0n) is 10.4. The highest BCUT2D eigenvalue weighted by molar-refractivity contribution is 5.81. The lowest BCUT2D eigenvalue weighted by Crippen LogP contribution is -2.45. The van der Waals surface area contributed by atoms with Crippen molar-refractivity contribution in [2.45, 2.75) is 33.7 Å². The third-order valence-electron chi connectivity index (χ3n) is 2.23. The van der Waals surface area contributed by atoms with Crippen molar-refractivity contribution in [1.82, 2.24) is 10.6 Å². The van der Waals surface area contributed by atoms with E-state index in [1.807, 2.05) is 13.8 Å². The molecule has 2 atom stereocenters. The Balaban J connectivity index is 3.83. The molecule has 0 bridgehead atoms. The van der Waals surface area contributed by atoms with Gasteiger partial charge in [0, 0.05) is 13.1 Å². The van der Waals surface area contributed by atoms with E-state index in [9.17, 15) is 9.59 Å². The van der Waals surface area contributed by atoms with Crippen LogP contribution in [0.15, 0.2) is 0 Å². The minimum Gasteiger partial charge on any atom is -0.481 e. The van der Waals surface area contributed by atoms with Gasteiger partial charge in [0.1, 0.15) is 0 Å². The Hall–Kier alpha value is -1.10. The number of carbonyl (C=O) groups is 2. The second-order valence-electron chi connectivity index (χ2n) is 4.51. The minimum absolute atomic E-state index is 0.0914. The normalized spacial score (nSPS) is 14.6. The van der Waals surface area contributed by atoms with Crippen LogP contribution >= 0.6 is 0 Å². The molecule has 0 aliphatic carbocycles. The molecule has 2 unspecified atom stereocenters. The summed E-state index contributed by atoms with van der Waals surface area (Å²) in [4.78, 5) is 22.1. The van der Waals surface area contributed by atoms with E-state index in [-0.39, 0.29) is 11.9 Å². The molecule has 0 rings (SSSR count). The molecule has 5 nitrogen and oxygen atoms in total. The quantitative estimate of drug-likeness (QED) is 0.593.